The van der Waals surface area contributed by atoms with Crippen molar-refractivity contribution in [1.29, 1.82) is 0 Å². The summed E-state index contributed by atoms with van der Waals surface area (Å²) in [5.74, 6) is 0. The molecule has 0 aliphatic carbocycles. The lowest BCUT2D eigenvalue weighted by atomic mass is 9.62. The quantitative estimate of drug-likeness (QED) is 0.163. The summed E-state index contributed by atoms with van der Waals surface area (Å²) in [5, 5.41) is 2.42. The van der Waals surface area contributed by atoms with Gasteiger partial charge in [0.1, 0.15) is 0 Å². The van der Waals surface area contributed by atoms with Gasteiger partial charge in [0.2, 0.25) is 0 Å². The van der Waals surface area contributed by atoms with Crippen molar-refractivity contribution in [2.24, 2.45) is 0 Å². The highest BCUT2D eigenvalue weighted by molar-refractivity contribution is 6.01. The third kappa shape index (κ3) is 5.34. The van der Waals surface area contributed by atoms with E-state index in [1.165, 1.54) is 38.7 Å². The Morgan fingerprint density at radius 1 is 0.382 bits per heavy atom. The third-order valence-electron chi connectivity index (χ3n) is 11.1. The second-order valence-electron chi connectivity index (χ2n) is 14.1. The van der Waals surface area contributed by atoms with Crippen molar-refractivity contribution < 1.29 is 0 Å². The standard InChI is InChI=1S/C53H38N2/c1-5-22-41(23-6-1)53(42-24-7-2-8-25-42)47-32-16-18-34-51(47)55(44-28-11-4-12-29-44)52-38-40(36-37-48(52)53)46-31-15-17-33-49(46)54(43-26-9-3-10-27-43)50-35-19-21-39-20-13-14-30-45(39)50/h1-38H. The molecule has 0 radical (unpaired) electrons. The van der Waals surface area contributed by atoms with Gasteiger partial charge in [-0.3, -0.25) is 0 Å². The van der Waals surface area contributed by atoms with Crippen LogP contribution in [0.4, 0.5) is 34.1 Å². The lowest BCUT2D eigenvalue weighted by Crippen LogP contribution is -2.37. The van der Waals surface area contributed by atoms with E-state index in [9.17, 15) is 0 Å². The monoisotopic (exact) mass is 702 g/mol. The summed E-state index contributed by atoms with van der Waals surface area (Å²) in [6, 6.07) is 83.8. The van der Waals surface area contributed by atoms with Crippen LogP contribution in [0, 0.1) is 0 Å². The second-order valence-corrected chi connectivity index (χ2v) is 14.1. The zero-order chi connectivity index (χ0) is 36.6. The maximum absolute atomic E-state index is 2.46. The van der Waals surface area contributed by atoms with E-state index in [0.717, 1.165) is 39.6 Å². The molecule has 1 aliphatic rings. The van der Waals surface area contributed by atoms with Gasteiger partial charge >= 0.3 is 0 Å². The first-order chi connectivity index (χ1) is 27.3. The number of anilines is 6. The van der Waals surface area contributed by atoms with Gasteiger partial charge in [0, 0.05) is 22.3 Å². The Bertz CT molecular complexity index is 2710. The molecule has 1 aliphatic heterocycles. The SMILES string of the molecule is c1ccc(N2c3ccccc3C(c3ccccc3)(c3ccccc3)c3ccc(-c4ccccc4N(c4ccccc4)c4cccc5ccccc45)cc32)cc1. The van der Waals surface area contributed by atoms with Crippen molar-refractivity contribution in [3.8, 4) is 11.1 Å². The van der Waals surface area contributed by atoms with Crippen molar-refractivity contribution in [1.82, 2.24) is 0 Å². The average molecular weight is 703 g/mol. The number of rotatable bonds is 7. The summed E-state index contributed by atoms with van der Waals surface area (Å²) in [4.78, 5) is 4.88. The maximum Gasteiger partial charge on any atom is 0.0742 e. The molecule has 260 valence electrons. The van der Waals surface area contributed by atoms with Crippen molar-refractivity contribution in [2.45, 2.75) is 5.41 Å². The Morgan fingerprint density at radius 3 is 1.67 bits per heavy atom. The third-order valence-corrected chi connectivity index (χ3v) is 11.1. The first-order valence-corrected chi connectivity index (χ1v) is 18.9. The molecule has 2 heteroatoms. The highest BCUT2D eigenvalue weighted by Gasteiger charge is 2.46. The van der Waals surface area contributed by atoms with Crippen LogP contribution < -0.4 is 9.80 Å². The Kier molecular flexibility index (Phi) is 8.08. The van der Waals surface area contributed by atoms with Gasteiger partial charge in [-0.15, -0.1) is 0 Å². The zero-order valence-corrected chi connectivity index (χ0v) is 30.3. The number of hydrogen-bond donors (Lipinski definition) is 0. The molecule has 0 amide bonds. The van der Waals surface area contributed by atoms with E-state index in [1.807, 2.05) is 0 Å². The molecule has 0 N–H and O–H groups in total. The molecule has 0 saturated carbocycles. The van der Waals surface area contributed by atoms with Crippen LogP contribution in [0.1, 0.15) is 22.3 Å². The summed E-state index contributed by atoms with van der Waals surface area (Å²) in [6.07, 6.45) is 0. The number of hydrogen-bond acceptors (Lipinski definition) is 2. The maximum atomic E-state index is 2.46. The Hall–Kier alpha value is -7.16. The summed E-state index contributed by atoms with van der Waals surface area (Å²) in [7, 11) is 0. The van der Waals surface area contributed by atoms with Crippen LogP contribution in [-0.4, -0.2) is 0 Å². The van der Waals surface area contributed by atoms with Crippen molar-refractivity contribution in [2.75, 3.05) is 9.80 Å². The smallest absolute Gasteiger partial charge is 0.0742 e. The number of nitrogens with zero attached hydrogens (tertiary/aromatic N) is 2. The van der Waals surface area contributed by atoms with Crippen LogP contribution in [0.25, 0.3) is 21.9 Å². The van der Waals surface area contributed by atoms with Crippen LogP contribution in [0.2, 0.25) is 0 Å². The van der Waals surface area contributed by atoms with E-state index in [0.29, 0.717) is 0 Å². The number of fused-ring (bicyclic) bond motifs is 3. The van der Waals surface area contributed by atoms with E-state index in [2.05, 4.69) is 240 Å². The van der Waals surface area contributed by atoms with E-state index in [4.69, 9.17) is 0 Å². The fraction of sp³-hybridized carbons (Fsp3) is 0.0189. The molecule has 55 heavy (non-hydrogen) atoms. The van der Waals surface area contributed by atoms with Crippen LogP contribution >= 0.6 is 0 Å². The van der Waals surface area contributed by atoms with Gasteiger partial charge < -0.3 is 9.80 Å². The summed E-state index contributed by atoms with van der Waals surface area (Å²) < 4.78 is 0. The average Bonchev–Trinajstić information content (AvgIpc) is 3.27. The molecule has 0 bridgehead atoms. The second kappa shape index (κ2) is 13.7. The van der Waals surface area contributed by atoms with Gasteiger partial charge in [0.25, 0.3) is 0 Å². The van der Waals surface area contributed by atoms with Crippen LogP contribution in [0.15, 0.2) is 231 Å². The normalized spacial score (nSPS) is 12.8. The van der Waals surface area contributed by atoms with E-state index >= 15 is 0 Å². The topological polar surface area (TPSA) is 6.48 Å². The minimum absolute atomic E-state index is 0.559. The lowest BCUT2D eigenvalue weighted by Gasteiger charge is -2.46. The summed E-state index contributed by atoms with van der Waals surface area (Å²) in [5.41, 5.74) is 13.5. The number of para-hydroxylation sites is 4. The Morgan fingerprint density at radius 2 is 0.927 bits per heavy atom. The van der Waals surface area contributed by atoms with E-state index < -0.39 is 5.41 Å². The molecule has 2 nitrogen and oxygen atoms in total. The van der Waals surface area contributed by atoms with Gasteiger partial charge in [-0.1, -0.05) is 182 Å². The fourth-order valence-corrected chi connectivity index (χ4v) is 8.78. The van der Waals surface area contributed by atoms with Gasteiger partial charge in [-0.2, -0.15) is 0 Å². The highest BCUT2D eigenvalue weighted by Crippen LogP contribution is 2.58. The molecular weight excluding hydrogens is 665 g/mol. The molecule has 0 spiro atoms. The molecule has 1 heterocycles. The van der Waals surface area contributed by atoms with Crippen molar-refractivity contribution in [3.63, 3.8) is 0 Å². The summed E-state index contributed by atoms with van der Waals surface area (Å²) >= 11 is 0. The van der Waals surface area contributed by atoms with Gasteiger partial charge in [-0.25, -0.2) is 0 Å². The molecule has 0 fully saturated rings. The molecule has 0 atom stereocenters. The van der Waals surface area contributed by atoms with Crippen LogP contribution in [-0.2, 0) is 5.41 Å². The van der Waals surface area contributed by atoms with Crippen LogP contribution in [0.5, 0.6) is 0 Å². The van der Waals surface area contributed by atoms with Gasteiger partial charge in [0.15, 0.2) is 0 Å². The fourth-order valence-electron chi connectivity index (χ4n) is 8.78. The zero-order valence-electron chi connectivity index (χ0n) is 30.3. The predicted octanol–water partition coefficient (Wildman–Crippen LogP) is 14.1. The van der Waals surface area contributed by atoms with E-state index in [1.54, 1.807) is 0 Å². The van der Waals surface area contributed by atoms with Crippen LogP contribution in [0.3, 0.4) is 0 Å². The van der Waals surface area contributed by atoms with Crippen molar-refractivity contribution in [3.05, 3.63) is 253 Å². The lowest BCUT2D eigenvalue weighted by molar-refractivity contribution is 0.731. The predicted molar refractivity (Wildman–Crippen MR) is 231 cm³/mol. The largest absolute Gasteiger partial charge is 0.310 e. The first kappa shape index (κ1) is 32.5. The highest BCUT2D eigenvalue weighted by atomic mass is 15.2. The number of benzene rings is 9. The Labute approximate surface area is 322 Å². The molecule has 10 rings (SSSR count). The Balaban J connectivity index is 1.27. The molecule has 0 unspecified atom stereocenters. The molecule has 0 saturated heterocycles. The minimum atomic E-state index is -0.559. The van der Waals surface area contributed by atoms with Gasteiger partial charge in [-0.05, 0) is 81.7 Å². The molecule has 9 aromatic carbocycles. The van der Waals surface area contributed by atoms with Crippen molar-refractivity contribution >= 4 is 44.9 Å². The summed E-state index contributed by atoms with van der Waals surface area (Å²) in [6.45, 7) is 0. The molecular formula is C53H38N2. The van der Waals surface area contributed by atoms with Gasteiger partial charge in [0.05, 0.1) is 28.2 Å². The van der Waals surface area contributed by atoms with E-state index in [-0.39, 0.29) is 0 Å². The molecule has 9 aromatic rings. The molecule has 0 aromatic heterocycles. The minimum Gasteiger partial charge on any atom is -0.310 e. The first-order valence-electron chi connectivity index (χ1n) is 18.9.